The number of benzene rings is 3. The lowest BCUT2D eigenvalue weighted by Crippen LogP contribution is -3.00. The number of fused-ring (bicyclic) bond motifs is 5. The Labute approximate surface area is 309 Å². The zero-order valence-electron chi connectivity index (χ0n) is 25.8. The van der Waals surface area contributed by atoms with Crippen LogP contribution in [0.1, 0.15) is 32.1 Å². The van der Waals surface area contributed by atoms with Crippen molar-refractivity contribution in [3.63, 3.8) is 0 Å². The van der Waals surface area contributed by atoms with Crippen LogP contribution < -0.4 is 67.9 Å². The van der Waals surface area contributed by atoms with Crippen LogP contribution in [0.25, 0.3) is 43.6 Å². The van der Waals surface area contributed by atoms with E-state index in [-0.39, 0.29) is 59.3 Å². The van der Waals surface area contributed by atoms with E-state index in [4.69, 9.17) is 0 Å². The van der Waals surface area contributed by atoms with Gasteiger partial charge in [-0.15, -0.1) is 0 Å². The second-order valence-electron chi connectivity index (χ2n) is 10.8. The van der Waals surface area contributed by atoms with Gasteiger partial charge in [-0.3, -0.25) is 9.59 Å². The lowest BCUT2D eigenvalue weighted by atomic mass is 10.1. The number of aryl methyl sites for hydroxylation is 2. The van der Waals surface area contributed by atoms with E-state index in [1.807, 2.05) is 108 Å². The zero-order valence-corrected chi connectivity index (χ0v) is 30.1. The molecule has 48 heavy (non-hydrogen) atoms. The van der Waals surface area contributed by atoms with Crippen molar-refractivity contribution in [2.24, 2.45) is 24.3 Å². The Bertz CT molecular complexity index is 2250. The fourth-order valence-corrected chi connectivity index (χ4v) is 5.46. The Hall–Kier alpha value is -4.96. The van der Waals surface area contributed by atoms with Crippen LogP contribution in [0.4, 0.5) is 0 Å². The molecule has 0 aliphatic carbocycles. The highest BCUT2D eigenvalue weighted by Gasteiger charge is 2.14. The molecular weight excluding hydrogens is 830 g/mol. The molecule has 0 bridgehead atoms. The molecule has 0 saturated carbocycles. The summed E-state index contributed by atoms with van der Waals surface area (Å²) in [5.74, 6) is -0.933. The number of nitrogens with zero attached hydrogens (tertiary/aromatic N) is 6. The highest BCUT2D eigenvalue weighted by atomic mass is 127. The summed E-state index contributed by atoms with van der Waals surface area (Å²) in [6, 6.07) is 30.5. The fourth-order valence-electron chi connectivity index (χ4n) is 5.46. The van der Waals surface area contributed by atoms with Crippen LogP contribution >= 0.6 is 0 Å². The number of hydrogen-bond donors (Lipinski definition) is 2. The van der Waals surface area contributed by atoms with Gasteiger partial charge in [-0.1, -0.05) is 48.5 Å². The average Bonchev–Trinajstić information content (AvgIpc) is 3.10. The van der Waals surface area contributed by atoms with E-state index in [1.54, 1.807) is 36.7 Å². The van der Waals surface area contributed by atoms with E-state index in [0.29, 0.717) is 11.0 Å². The predicted octanol–water partition coefficient (Wildman–Crippen LogP) is -1.73. The molecule has 0 unspecified atom stereocenters. The lowest BCUT2D eigenvalue weighted by molar-refractivity contribution is -0.645. The number of aromatic nitrogens is 4. The molecule has 0 fully saturated rings. The van der Waals surface area contributed by atoms with Crippen molar-refractivity contribution >= 4 is 67.9 Å². The van der Waals surface area contributed by atoms with Gasteiger partial charge in [-0.25, -0.2) is 30.0 Å². The largest absolute Gasteiger partial charge is 1.00 e. The van der Waals surface area contributed by atoms with E-state index in [9.17, 15) is 9.59 Å². The molecule has 0 spiro atoms. The van der Waals surface area contributed by atoms with Gasteiger partial charge in [0.05, 0.1) is 34.2 Å². The van der Waals surface area contributed by atoms with Crippen LogP contribution in [0.15, 0.2) is 120 Å². The predicted molar refractivity (Wildman–Crippen MR) is 177 cm³/mol. The summed E-state index contributed by atoms with van der Waals surface area (Å²) in [7, 11) is 3.96. The lowest BCUT2D eigenvalue weighted by Gasteiger charge is -2.07. The number of carbonyl (C=O) groups is 2. The van der Waals surface area contributed by atoms with E-state index in [1.165, 1.54) is 0 Å². The molecule has 0 aliphatic heterocycles. The number of pyridine rings is 4. The number of hydrogen-bond acceptors (Lipinski definition) is 6. The Balaban J connectivity index is 0.00000225. The first-order chi connectivity index (χ1) is 22.5. The minimum atomic E-state index is -0.466. The highest BCUT2D eigenvalue weighted by Crippen LogP contribution is 2.23. The molecule has 0 radical (unpaired) electrons. The van der Waals surface area contributed by atoms with Gasteiger partial charge in [-0.05, 0) is 24.3 Å². The molecule has 7 rings (SSSR count). The normalized spacial score (nSPS) is 11.2. The van der Waals surface area contributed by atoms with Gasteiger partial charge in [0.25, 0.3) is 11.8 Å². The minimum Gasteiger partial charge on any atom is -1.00 e. The number of para-hydroxylation sites is 2. The van der Waals surface area contributed by atoms with Gasteiger partial charge in [-0.2, -0.15) is 10.2 Å². The first-order valence-corrected chi connectivity index (χ1v) is 14.6. The number of halogens is 2. The van der Waals surface area contributed by atoms with Crippen LogP contribution in [-0.2, 0) is 14.1 Å². The number of hydrazone groups is 2. The molecular formula is C36H28I2N8O2. The maximum atomic E-state index is 13.0. The van der Waals surface area contributed by atoms with E-state index >= 15 is 0 Å². The van der Waals surface area contributed by atoms with Gasteiger partial charge in [0.1, 0.15) is 25.5 Å². The first kappa shape index (κ1) is 34.4. The van der Waals surface area contributed by atoms with Crippen LogP contribution in [0, 0.1) is 0 Å². The van der Waals surface area contributed by atoms with Crippen LogP contribution in [0.3, 0.4) is 0 Å². The average molecular weight is 858 g/mol. The SMILES string of the molecule is C[n+]1ccc(C=NNC(=O)c2ccc3ccc4ccc(C(=O)NN=Cc5cc[n+](C)c6ccccc56)nc4c3n2)c2ccccc21.[I-].[I-]. The summed E-state index contributed by atoms with van der Waals surface area (Å²) in [6.45, 7) is 0. The van der Waals surface area contributed by atoms with Crippen LogP contribution in [0.5, 0.6) is 0 Å². The first-order valence-electron chi connectivity index (χ1n) is 14.6. The highest BCUT2D eigenvalue weighted by molar-refractivity contribution is 6.07. The van der Waals surface area contributed by atoms with Crippen molar-refractivity contribution in [2.45, 2.75) is 0 Å². The minimum absolute atomic E-state index is 0. The van der Waals surface area contributed by atoms with Crippen molar-refractivity contribution in [3.05, 3.63) is 132 Å². The fraction of sp³-hybridized carbons (Fsp3) is 0.0556. The molecule has 4 aromatic heterocycles. The molecule has 2 N–H and O–H groups in total. The van der Waals surface area contributed by atoms with Gasteiger partial charge >= 0.3 is 0 Å². The van der Waals surface area contributed by atoms with Crippen molar-refractivity contribution < 1.29 is 66.7 Å². The summed E-state index contributed by atoms with van der Waals surface area (Å²) in [5, 5.41) is 12.0. The van der Waals surface area contributed by atoms with Crippen molar-refractivity contribution in [1.29, 1.82) is 0 Å². The maximum absolute atomic E-state index is 13.0. The molecule has 238 valence electrons. The molecule has 2 amide bonds. The molecule has 12 heteroatoms. The summed E-state index contributed by atoms with van der Waals surface area (Å²) >= 11 is 0. The zero-order chi connectivity index (χ0) is 31.6. The number of carbonyl (C=O) groups excluding carboxylic acids is 2. The molecule has 4 heterocycles. The maximum Gasteiger partial charge on any atom is 0.289 e. The molecule has 7 aromatic rings. The Morgan fingerprint density at radius 2 is 0.979 bits per heavy atom. The van der Waals surface area contributed by atoms with Crippen LogP contribution in [0.2, 0.25) is 0 Å². The summed E-state index contributed by atoms with van der Waals surface area (Å²) in [4.78, 5) is 35.3. The quantitative estimate of drug-likeness (QED) is 0.0682. The Morgan fingerprint density at radius 1 is 0.583 bits per heavy atom. The van der Waals surface area contributed by atoms with Gasteiger partial charge in [0, 0.05) is 46.2 Å². The van der Waals surface area contributed by atoms with Crippen molar-refractivity contribution in [3.8, 4) is 0 Å². The van der Waals surface area contributed by atoms with E-state index in [2.05, 4.69) is 31.0 Å². The van der Waals surface area contributed by atoms with Crippen LogP contribution in [-0.4, -0.2) is 34.2 Å². The Kier molecular flexibility index (Phi) is 10.6. The Morgan fingerprint density at radius 3 is 1.42 bits per heavy atom. The monoisotopic (exact) mass is 858 g/mol. The van der Waals surface area contributed by atoms with Gasteiger partial charge < -0.3 is 48.0 Å². The topological polar surface area (TPSA) is 116 Å². The molecule has 10 nitrogen and oxygen atoms in total. The van der Waals surface area contributed by atoms with Crippen molar-refractivity contribution in [2.75, 3.05) is 0 Å². The third-order valence-electron chi connectivity index (χ3n) is 7.87. The number of nitrogens with one attached hydrogen (secondary N) is 2. The second kappa shape index (κ2) is 14.9. The van der Waals surface area contributed by atoms with Gasteiger partial charge in [0.15, 0.2) is 12.4 Å². The van der Waals surface area contributed by atoms with Gasteiger partial charge in [0.2, 0.25) is 11.0 Å². The molecule has 0 aliphatic rings. The standard InChI is InChI=1S/C36H26N8O2.2HI/c1-43-19-17-25(27-7-3-5-9-31(27)43)21-37-41-35(45)29-15-13-23-11-12-24-14-16-30(40-34(24)33(23)39-29)36(46)42-38-22-26-18-20-44(2)32-10-6-4-8-28(26)32;;/h3-22H,1-2H3;2*1H. The van der Waals surface area contributed by atoms with E-state index in [0.717, 1.165) is 43.7 Å². The summed E-state index contributed by atoms with van der Waals surface area (Å²) in [5.41, 5.74) is 10.3. The third-order valence-corrected chi connectivity index (χ3v) is 7.87. The number of rotatable bonds is 6. The third kappa shape index (κ3) is 6.85. The van der Waals surface area contributed by atoms with E-state index < -0.39 is 11.8 Å². The molecule has 0 atom stereocenters. The number of amides is 2. The molecule has 3 aromatic carbocycles. The van der Waals surface area contributed by atoms with Crippen molar-refractivity contribution in [1.82, 2.24) is 20.8 Å². The summed E-state index contributed by atoms with van der Waals surface area (Å²) in [6.07, 6.45) is 7.12. The second-order valence-corrected chi connectivity index (χ2v) is 10.8. The summed E-state index contributed by atoms with van der Waals surface area (Å²) < 4.78 is 4.05. The molecule has 0 saturated heterocycles. The smallest absolute Gasteiger partial charge is 0.289 e.